The fraction of sp³-hybridized carbons (Fsp3) is 0.200. The number of nitrogens with two attached hydrogens (primary N) is 1. The zero-order chi connectivity index (χ0) is 14.0. The van der Waals surface area contributed by atoms with Gasteiger partial charge >= 0.3 is 0 Å². The minimum atomic E-state index is -0.276. The van der Waals surface area contributed by atoms with Crippen LogP contribution in [0.25, 0.3) is 0 Å². The summed E-state index contributed by atoms with van der Waals surface area (Å²) in [4.78, 5) is 0. The van der Waals surface area contributed by atoms with Crippen LogP contribution in [0.5, 0.6) is 0 Å². The molecule has 2 aromatic carbocycles. The van der Waals surface area contributed by atoms with Gasteiger partial charge in [-0.1, -0.05) is 45.7 Å². The van der Waals surface area contributed by atoms with Crippen molar-refractivity contribution in [3.63, 3.8) is 0 Å². The van der Waals surface area contributed by atoms with Gasteiger partial charge in [-0.15, -0.1) is 0 Å². The van der Waals surface area contributed by atoms with Gasteiger partial charge in [0.05, 0.1) is 0 Å². The summed E-state index contributed by atoms with van der Waals surface area (Å²) in [6.07, 6.45) is 0.411. The van der Waals surface area contributed by atoms with Crippen molar-refractivity contribution >= 4 is 27.5 Å². The standard InChI is InChI=1S/C15H14BrClFN/c1-9-3-2-4-12(15(9)16)14(19)8-10-7-11(17)5-6-13(10)18/h2-7,14H,8,19H2,1H3. The summed E-state index contributed by atoms with van der Waals surface area (Å²) in [5.74, 6) is -0.274. The van der Waals surface area contributed by atoms with Crippen molar-refractivity contribution in [1.82, 2.24) is 0 Å². The van der Waals surface area contributed by atoms with Crippen LogP contribution in [0.1, 0.15) is 22.7 Å². The Labute approximate surface area is 125 Å². The number of rotatable bonds is 3. The smallest absolute Gasteiger partial charge is 0.126 e. The maximum Gasteiger partial charge on any atom is 0.126 e. The van der Waals surface area contributed by atoms with E-state index in [-0.39, 0.29) is 11.9 Å². The van der Waals surface area contributed by atoms with E-state index in [0.29, 0.717) is 17.0 Å². The first kappa shape index (κ1) is 14.5. The van der Waals surface area contributed by atoms with Crippen LogP contribution in [-0.2, 0) is 6.42 Å². The van der Waals surface area contributed by atoms with Gasteiger partial charge < -0.3 is 5.73 Å². The first-order valence-electron chi connectivity index (χ1n) is 5.93. The second kappa shape index (κ2) is 6.04. The van der Waals surface area contributed by atoms with Crippen LogP contribution in [0.2, 0.25) is 5.02 Å². The van der Waals surface area contributed by atoms with E-state index in [0.717, 1.165) is 15.6 Å². The molecule has 0 amide bonds. The normalized spacial score (nSPS) is 12.5. The lowest BCUT2D eigenvalue weighted by Crippen LogP contribution is -2.15. The van der Waals surface area contributed by atoms with Gasteiger partial charge in [0.15, 0.2) is 0 Å². The summed E-state index contributed by atoms with van der Waals surface area (Å²) in [6, 6.07) is 10.2. The molecule has 0 aliphatic carbocycles. The highest BCUT2D eigenvalue weighted by molar-refractivity contribution is 9.10. The molecular weight excluding hydrogens is 329 g/mol. The number of hydrogen-bond donors (Lipinski definition) is 1. The molecule has 0 aliphatic heterocycles. The van der Waals surface area contributed by atoms with Gasteiger partial charge in [-0.05, 0) is 48.2 Å². The summed E-state index contributed by atoms with van der Waals surface area (Å²) >= 11 is 9.41. The predicted octanol–water partition coefficient (Wildman–Crippen LogP) is 4.79. The van der Waals surface area contributed by atoms with Crippen LogP contribution in [0.15, 0.2) is 40.9 Å². The summed E-state index contributed by atoms with van der Waals surface area (Å²) in [5, 5.41) is 0.520. The average molecular weight is 343 g/mol. The Morgan fingerprint density at radius 2 is 2.05 bits per heavy atom. The Balaban J connectivity index is 2.28. The number of aryl methyl sites for hydroxylation is 1. The van der Waals surface area contributed by atoms with Crippen LogP contribution in [0, 0.1) is 12.7 Å². The second-order valence-corrected chi connectivity index (χ2v) is 5.75. The quantitative estimate of drug-likeness (QED) is 0.852. The predicted molar refractivity (Wildman–Crippen MR) is 80.9 cm³/mol. The summed E-state index contributed by atoms with van der Waals surface area (Å²) in [7, 11) is 0. The Bertz CT molecular complexity index is 601. The minimum Gasteiger partial charge on any atom is -0.324 e. The molecule has 0 saturated carbocycles. The molecule has 0 aromatic heterocycles. The Kier molecular flexibility index (Phi) is 4.61. The minimum absolute atomic E-state index is 0.274. The molecule has 1 unspecified atom stereocenters. The summed E-state index contributed by atoms with van der Waals surface area (Å²) < 4.78 is 14.7. The molecule has 100 valence electrons. The third-order valence-corrected chi connectivity index (χ3v) is 4.39. The van der Waals surface area contributed by atoms with E-state index in [1.54, 1.807) is 6.07 Å². The molecule has 4 heteroatoms. The largest absolute Gasteiger partial charge is 0.324 e. The SMILES string of the molecule is Cc1cccc(C(N)Cc2cc(Cl)ccc2F)c1Br. The molecule has 0 fully saturated rings. The number of hydrogen-bond acceptors (Lipinski definition) is 1. The summed E-state index contributed by atoms with van der Waals surface area (Å²) in [5.41, 5.74) is 8.79. The van der Waals surface area contributed by atoms with Gasteiger partial charge in [0.1, 0.15) is 5.82 Å². The first-order chi connectivity index (χ1) is 8.99. The molecule has 2 aromatic rings. The topological polar surface area (TPSA) is 26.0 Å². The lowest BCUT2D eigenvalue weighted by atomic mass is 9.98. The first-order valence-corrected chi connectivity index (χ1v) is 7.10. The molecule has 2 rings (SSSR count). The lowest BCUT2D eigenvalue weighted by Gasteiger charge is -2.16. The Morgan fingerprint density at radius 3 is 2.79 bits per heavy atom. The van der Waals surface area contributed by atoms with Gasteiger partial charge in [-0.3, -0.25) is 0 Å². The van der Waals surface area contributed by atoms with E-state index >= 15 is 0 Å². The maximum atomic E-state index is 13.7. The molecule has 0 radical (unpaired) electrons. The van der Waals surface area contributed by atoms with E-state index in [2.05, 4.69) is 15.9 Å². The van der Waals surface area contributed by atoms with Gasteiger partial charge in [-0.2, -0.15) is 0 Å². The van der Waals surface area contributed by atoms with Crippen LogP contribution in [-0.4, -0.2) is 0 Å². The number of halogens is 3. The molecule has 2 N–H and O–H groups in total. The molecule has 1 nitrogen and oxygen atoms in total. The van der Waals surface area contributed by atoms with Crippen molar-refractivity contribution < 1.29 is 4.39 Å². The highest BCUT2D eigenvalue weighted by atomic mass is 79.9. The van der Waals surface area contributed by atoms with E-state index in [4.69, 9.17) is 17.3 Å². The molecule has 0 saturated heterocycles. The van der Waals surface area contributed by atoms with Crippen LogP contribution >= 0.6 is 27.5 Å². The van der Waals surface area contributed by atoms with Gasteiger partial charge in [0.2, 0.25) is 0 Å². The molecule has 0 bridgehead atoms. The van der Waals surface area contributed by atoms with Crippen molar-refractivity contribution in [3.05, 3.63) is 68.4 Å². The third kappa shape index (κ3) is 3.35. The van der Waals surface area contributed by atoms with Crippen molar-refractivity contribution in [1.29, 1.82) is 0 Å². The van der Waals surface area contributed by atoms with Gasteiger partial charge in [0, 0.05) is 15.5 Å². The van der Waals surface area contributed by atoms with Crippen molar-refractivity contribution in [2.75, 3.05) is 0 Å². The van der Waals surface area contributed by atoms with E-state index in [1.807, 2.05) is 25.1 Å². The fourth-order valence-electron chi connectivity index (χ4n) is 2.00. The van der Waals surface area contributed by atoms with Crippen LogP contribution in [0.4, 0.5) is 4.39 Å². The molecule has 0 spiro atoms. The molecule has 0 aliphatic rings. The maximum absolute atomic E-state index is 13.7. The van der Waals surface area contributed by atoms with Crippen LogP contribution in [0.3, 0.4) is 0 Å². The van der Waals surface area contributed by atoms with Crippen molar-refractivity contribution in [2.45, 2.75) is 19.4 Å². The molecular formula is C15H14BrClFN. The van der Waals surface area contributed by atoms with E-state index in [1.165, 1.54) is 12.1 Å². The Hall–Kier alpha value is -0.900. The monoisotopic (exact) mass is 341 g/mol. The lowest BCUT2D eigenvalue weighted by molar-refractivity contribution is 0.593. The zero-order valence-corrected chi connectivity index (χ0v) is 12.8. The number of benzene rings is 2. The third-order valence-electron chi connectivity index (χ3n) is 3.07. The Morgan fingerprint density at radius 1 is 1.32 bits per heavy atom. The molecule has 0 heterocycles. The van der Waals surface area contributed by atoms with Gasteiger partial charge in [0.25, 0.3) is 0 Å². The molecule has 1 atom stereocenters. The fourth-order valence-corrected chi connectivity index (χ4v) is 2.76. The molecule has 19 heavy (non-hydrogen) atoms. The van der Waals surface area contributed by atoms with Crippen molar-refractivity contribution in [3.8, 4) is 0 Å². The highest BCUT2D eigenvalue weighted by Gasteiger charge is 2.14. The summed E-state index contributed by atoms with van der Waals surface area (Å²) in [6.45, 7) is 2.00. The zero-order valence-electron chi connectivity index (χ0n) is 10.5. The average Bonchev–Trinajstić information content (AvgIpc) is 2.37. The van der Waals surface area contributed by atoms with Gasteiger partial charge in [-0.25, -0.2) is 4.39 Å². The van der Waals surface area contributed by atoms with Crippen molar-refractivity contribution in [2.24, 2.45) is 5.73 Å². The van der Waals surface area contributed by atoms with Crippen LogP contribution < -0.4 is 5.73 Å². The van der Waals surface area contributed by atoms with E-state index < -0.39 is 0 Å². The highest BCUT2D eigenvalue weighted by Crippen LogP contribution is 2.28. The second-order valence-electron chi connectivity index (χ2n) is 4.52. The van der Waals surface area contributed by atoms with E-state index in [9.17, 15) is 4.39 Å².